The van der Waals surface area contributed by atoms with Crippen LogP contribution in [0.3, 0.4) is 0 Å². The van der Waals surface area contributed by atoms with Crippen LogP contribution < -0.4 is 0 Å². The fourth-order valence-electron chi connectivity index (χ4n) is 4.17. The fraction of sp³-hybridized carbons (Fsp3) is 0.297. The first-order valence-corrected chi connectivity index (χ1v) is 14.9. The Balaban J connectivity index is 0.000000711. The van der Waals surface area contributed by atoms with Crippen molar-refractivity contribution in [2.24, 2.45) is 0 Å². The van der Waals surface area contributed by atoms with Gasteiger partial charge in [-0.05, 0) is 60.0 Å². The van der Waals surface area contributed by atoms with Crippen molar-refractivity contribution < 1.29 is 19.8 Å². The predicted octanol–water partition coefficient (Wildman–Crippen LogP) is 9.47. The number of amides is 2. The maximum atomic E-state index is 11.3. The summed E-state index contributed by atoms with van der Waals surface area (Å²) in [6.07, 6.45) is 0. The Labute approximate surface area is 253 Å². The standard InChI is InChI=1S/C20H18O2.C9H7NO2.4C2H6/c1-20(15-5-3-2-4-6-15,16-7-11-18(21)12-8-16)17-9-13-19(22)14-10-17;1-10-8(11)6-4-2-3-5-7(6)9(10)12;4*1-2/h2-14,21-22H,1H3;2-5H,1H3;4*1-2H3. The lowest BCUT2D eigenvalue weighted by Crippen LogP contribution is -2.25. The predicted molar refractivity (Wildman–Crippen MR) is 176 cm³/mol. The van der Waals surface area contributed by atoms with Gasteiger partial charge < -0.3 is 10.2 Å². The molecule has 1 heterocycles. The van der Waals surface area contributed by atoms with Crippen LogP contribution in [-0.2, 0) is 5.41 Å². The van der Waals surface area contributed by atoms with Crippen LogP contribution >= 0.6 is 0 Å². The van der Waals surface area contributed by atoms with Crippen LogP contribution in [-0.4, -0.2) is 34.0 Å². The summed E-state index contributed by atoms with van der Waals surface area (Å²) in [4.78, 5) is 23.8. The van der Waals surface area contributed by atoms with E-state index < -0.39 is 0 Å². The van der Waals surface area contributed by atoms with Crippen molar-refractivity contribution in [2.75, 3.05) is 7.05 Å². The third-order valence-electron chi connectivity index (χ3n) is 6.24. The van der Waals surface area contributed by atoms with E-state index in [0.29, 0.717) is 11.1 Å². The van der Waals surface area contributed by atoms with E-state index in [1.165, 1.54) is 7.05 Å². The monoisotopic (exact) mass is 571 g/mol. The van der Waals surface area contributed by atoms with Crippen LogP contribution in [0.4, 0.5) is 0 Å². The third kappa shape index (κ3) is 9.07. The summed E-state index contributed by atoms with van der Waals surface area (Å²) in [5, 5.41) is 19.1. The number of benzene rings is 4. The molecule has 5 nitrogen and oxygen atoms in total. The molecule has 0 aromatic heterocycles. The summed E-state index contributed by atoms with van der Waals surface area (Å²) in [5.74, 6) is 0.0842. The van der Waals surface area contributed by atoms with Crippen LogP contribution in [0.2, 0.25) is 0 Å². The zero-order chi connectivity index (χ0) is 32.3. The van der Waals surface area contributed by atoms with Gasteiger partial charge in [-0.1, -0.05) is 122 Å². The molecule has 0 atom stereocenters. The van der Waals surface area contributed by atoms with E-state index in [-0.39, 0.29) is 28.7 Å². The second-order valence-corrected chi connectivity index (χ2v) is 8.30. The molecular formula is C37H49NO4. The average molecular weight is 572 g/mol. The third-order valence-corrected chi connectivity index (χ3v) is 6.24. The maximum absolute atomic E-state index is 11.3. The van der Waals surface area contributed by atoms with Crippen LogP contribution in [0.25, 0.3) is 0 Å². The summed E-state index contributed by atoms with van der Waals surface area (Å²) < 4.78 is 0. The second kappa shape index (κ2) is 19.7. The van der Waals surface area contributed by atoms with Crippen molar-refractivity contribution in [3.63, 3.8) is 0 Å². The van der Waals surface area contributed by atoms with Gasteiger partial charge in [0.15, 0.2) is 0 Å². The van der Waals surface area contributed by atoms with Crippen molar-refractivity contribution in [2.45, 2.75) is 67.7 Å². The lowest BCUT2D eigenvalue weighted by atomic mass is 9.71. The molecule has 42 heavy (non-hydrogen) atoms. The Bertz CT molecular complexity index is 1230. The van der Waals surface area contributed by atoms with Gasteiger partial charge in [0.1, 0.15) is 11.5 Å². The van der Waals surface area contributed by atoms with E-state index in [1.54, 1.807) is 48.5 Å². The number of imide groups is 1. The van der Waals surface area contributed by atoms with Gasteiger partial charge in [-0.3, -0.25) is 14.5 Å². The molecule has 0 aliphatic carbocycles. The SMILES string of the molecule is CC.CC.CC.CC.CC(c1ccccc1)(c1ccc(O)cc1)c1ccc(O)cc1.CN1C(=O)c2ccccc2C1=O. The van der Waals surface area contributed by atoms with Gasteiger partial charge in [0, 0.05) is 12.5 Å². The van der Waals surface area contributed by atoms with Crippen LogP contribution in [0.5, 0.6) is 11.5 Å². The van der Waals surface area contributed by atoms with Gasteiger partial charge in [0.2, 0.25) is 0 Å². The number of aromatic hydroxyl groups is 2. The first kappa shape index (κ1) is 37.6. The molecule has 5 rings (SSSR count). The Morgan fingerprint density at radius 1 is 0.476 bits per heavy atom. The van der Waals surface area contributed by atoms with E-state index in [0.717, 1.165) is 21.6 Å². The first-order chi connectivity index (χ1) is 20.3. The van der Waals surface area contributed by atoms with E-state index in [4.69, 9.17) is 0 Å². The molecule has 0 fully saturated rings. The first-order valence-electron chi connectivity index (χ1n) is 14.9. The molecule has 226 valence electrons. The highest BCUT2D eigenvalue weighted by molar-refractivity contribution is 6.21. The lowest BCUT2D eigenvalue weighted by molar-refractivity contribution is 0.0693. The minimum Gasteiger partial charge on any atom is -0.508 e. The molecule has 0 saturated carbocycles. The van der Waals surface area contributed by atoms with Crippen molar-refractivity contribution in [3.8, 4) is 11.5 Å². The largest absolute Gasteiger partial charge is 0.508 e. The molecule has 0 spiro atoms. The molecule has 0 radical (unpaired) electrons. The Morgan fingerprint density at radius 3 is 1.10 bits per heavy atom. The van der Waals surface area contributed by atoms with Crippen LogP contribution in [0.15, 0.2) is 103 Å². The number of phenols is 2. The van der Waals surface area contributed by atoms with Crippen molar-refractivity contribution in [1.29, 1.82) is 0 Å². The highest BCUT2D eigenvalue weighted by atomic mass is 16.3. The lowest BCUT2D eigenvalue weighted by Gasteiger charge is -2.32. The summed E-state index contributed by atoms with van der Waals surface area (Å²) >= 11 is 0. The van der Waals surface area contributed by atoms with E-state index in [9.17, 15) is 19.8 Å². The van der Waals surface area contributed by atoms with Crippen molar-refractivity contribution in [3.05, 3.63) is 131 Å². The van der Waals surface area contributed by atoms with Gasteiger partial charge >= 0.3 is 0 Å². The molecule has 4 aromatic rings. The minimum atomic E-state index is -0.358. The zero-order valence-corrected chi connectivity index (χ0v) is 27.0. The molecule has 4 aromatic carbocycles. The molecule has 1 aliphatic rings. The molecule has 2 N–H and O–H groups in total. The number of fused-ring (bicyclic) bond motifs is 1. The second-order valence-electron chi connectivity index (χ2n) is 8.30. The summed E-state index contributed by atoms with van der Waals surface area (Å²) in [6, 6.07) is 31.7. The van der Waals surface area contributed by atoms with E-state index >= 15 is 0 Å². The number of nitrogens with zero attached hydrogens (tertiary/aromatic N) is 1. The molecule has 1 aliphatic heterocycles. The van der Waals surface area contributed by atoms with Gasteiger partial charge in [-0.15, -0.1) is 0 Å². The quantitative estimate of drug-likeness (QED) is 0.190. The summed E-state index contributed by atoms with van der Waals surface area (Å²) in [5.41, 5.74) is 3.98. The highest BCUT2D eigenvalue weighted by Crippen LogP contribution is 2.39. The molecular weight excluding hydrogens is 522 g/mol. The van der Waals surface area contributed by atoms with E-state index in [2.05, 4.69) is 19.1 Å². The topological polar surface area (TPSA) is 77.8 Å². The van der Waals surface area contributed by atoms with Crippen LogP contribution in [0.1, 0.15) is 99.7 Å². The van der Waals surface area contributed by atoms with Gasteiger partial charge in [-0.2, -0.15) is 0 Å². The van der Waals surface area contributed by atoms with Gasteiger partial charge in [0.05, 0.1) is 11.1 Å². The number of carbonyl (C=O) groups excluding carboxylic acids is 2. The normalized spacial score (nSPS) is 10.9. The zero-order valence-electron chi connectivity index (χ0n) is 27.0. The minimum absolute atomic E-state index is 0.212. The Kier molecular flexibility index (Phi) is 17.6. The number of hydrogen-bond donors (Lipinski definition) is 2. The van der Waals surface area contributed by atoms with Crippen LogP contribution in [0, 0.1) is 0 Å². The van der Waals surface area contributed by atoms with Gasteiger partial charge in [0.25, 0.3) is 11.8 Å². The van der Waals surface area contributed by atoms with Crippen molar-refractivity contribution in [1.82, 2.24) is 4.90 Å². The summed E-state index contributed by atoms with van der Waals surface area (Å²) in [6.45, 7) is 18.2. The molecule has 0 bridgehead atoms. The van der Waals surface area contributed by atoms with Gasteiger partial charge in [-0.25, -0.2) is 0 Å². The average Bonchev–Trinajstić information content (AvgIpc) is 3.29. The van der Waals surface area contributed by atoms with E-state index in [1.807, 2.05) is 97.9 Å². The fourth-order valence-corrected chi connectivity index (χ4v) is 4.17. The molecule has 0 saturated heterocycles. The van der Waals surface area contributed by atoms with Crippen molar-refractivity contribution >= 4 is 11.8 Å². The number of carbonyl (C=O) groups is 2. The molecule has 0 unspecified atom stereocenters. The smallest absolute Gasteiger partial charge is 0.261 e. The number of phenolic OH excluding ortho intramolecular Hbond substituents is 2. The Morgan fingerprint density at radius 2 is 0.762 bits per heavy atom. The molecule has 5 heteroatoms. The highest BCUT2D eigenvalue weighted by Gasteiger charge is 2.32. The number of rotatable bonds is 3. The summed E-state index contributed by atoms with van der Waals surface area (Å²) in [7, 11) is 1.49. The maximum Gasteiger partial charge on any atom is 0.261 e. The number of hydrogen-bond acceptors (Lipinski definition) is 4. The molecule has 2 amide bonds. The Hall–Kier alpha value is -4.38.